The third kappa shape index (κ3) is 4.41. The Bertz CT molecular complexity index is 1100. The Morgan fingerprint density at radius 2 is 1.00 bits per heavy atom. The molecule has 0 saturated carbocycles. The normalized spacial score (nSPS) is 11.3. The standard InChI is InChI=1S/C26H20N2O2/c1-29-25-13-7-5-11-23(25)21(17-27)15-19-9-3-4-10-20(19)16-22(18-28)24-12-6-8-14-26(24)30-2/h3-16H,1-2H3. The Balaban J connectivity index is 2.12. The van der Waals surface area contributed by atoms with Crippen molar-refractivity contribution in [2.75, 3.05) is 14.2 Å². The van der Waals surface area contributed by atoms with Crippen molar-refractivity contribution < 1.29 is 9.47 Å². The fourth-order valence-electron chi connectivity index (χ4n) is 3.16. The first-order valence-electron chi connectivity index (χ1n) is 9.31. The van der Waals surface area contributed by atoms with E-state index < -0.39 is 0 Å². The SMILES string of the molecule is COc1ccccc1C(C#N)=Cc1ccccc1C=C(C#N)c1ccccc1OC. The highest BCUT2D eigenvalue weighted by atomic mass is 16.5. The number of nitriles is 2. The quantitative estimate of drug-likeness (QED) is 0.391. The molecule has 146 valence electrons. The van der Waals surface area contributed by atoms with E-state index in [-0.39, 0.29) is 0 Å². The van der Waals surface area contributed by atoms with E-state index in [1.807, 2.05) is 72.8 Å². The van der Waals surface area contributed by atoms with Gasteiger partial charge in [0.25, 0.3) is 0 Å². The smallest absolute Gasteiger partial charge is 0.127 e. The maximum Gasteiger partial charge on any atom is 0.127 e. The average Bonchev–Trinajstić information content (AvgIpc) is 2.81. The lowest BCUT2D eigenvalue weighted by atomic mass is 9.97. The van der Waals surface area contributed by atoms with Crippen LogP contribution in [0.25, 0.3) is 23.3 Å². The number of allylic oxidation sites excluding steroid dienone is 2. The summed E-state index contributed by atoms with van der Waals surface area (Å²) in [6, 6.07) is 26.9. The maximum absolute atomic E-state index is 9.77. The van der Waals surface area contributed by atoms with Crippen LogP contribution in [0, 0.1) is 22.7 Å². The zero-order chi connectivity index (χ0) is 21.3. The number of hydrogen-bond donors (Lipinski definition) is 0. The molecule has 30 heavy (non-hydrogen) atoms. The van der Waals surface area contributed by atoms with Crippen molar-refractivity contribution in [1.29, 1.82) is 10.5 Å². The van der Waals surface area contributed by atoms with E-state index in [9.17, 15) is 10.5 Å². The minimum Gasteiger partial charge on any atom is -0.496 e. The molecule has 0 radical (unpaired) electrons. The number of para-hydroxylation sites is 2. The summed E-state index contributed by atoms with van der Waals surface area (Å²) in [7, 11) is 3.16. The molecule has 0 N–H and O–H groups in total. The number of benzene rings is 3. The topological polar surface area (TPSA) is 66.0 Å². The molecular weight excluding hydrogens is 372 g/mol. The van der Waals surface area contributed by atoms with Crippen LogP contribution < -0.4 is 9.47 Å². The van der Waals surface area contributed by atoms with Gasteiger partial charge in [0.2, 0.25) is 0 Å². The molecule has 0 heterocycles. The molecule has 0 atom stereocenters. The van der Waals surface area contributed by atoms with Gasteiger partial charge in [-0.2, -0.15) is 10.5 Å². The molecule has 0 fully saturated rings. The van der Waals surface area contributed by atoms with Crippen LogP contribution in [0.1, 0.15) is 22.3 Å². The molecule has 0 saturated heterocycles. The first kappa shape index (κ1) is 20.5. The predicted molar refractivity (Wildman–Crippen MR) is 119 cm³/mol. The molecule has 4 nitrogen and oxygen atoms in total. The molecule has 0 aliphatic carbocycles. The third-order valence-electron chi connectivity index (χ3n) is 4.63. The first-order valence-corrected chi connectivity index (χ1v) is 9.31. The second kappa shape index (κ2) is 9.78. The van der Waals surface area contributed by atoms with E-state index >= 15 is 0 Å². The van der Waals surface area contributed by atoms with Gasteiger partial charge < -0.3 is 9.47 Å². The summed E-state index contributed by atoms with van der Waals surface area (Å²) in [5.74, 6) is 1.26. The molecule has 4 heteroatoms. The van der Waals surface area contributed by atoms with E-state index in [4.69, 9.17) is 9.47 Å². The molecular formula is C26H20N2O2. The molecule has 0 spiro atoms. The van der Waals surface area contributed by atoms with Crippen LogP contribution in [0.3, 0.4) is 0 Å². The molecule has 0 aliphatic rings. The molecule has 0 aliphatic heterocycles. The zero-order valence-electron chi connectivity index (χ0n) is 16.8. The summed E-state index contributed by atoms with van der Waals surface area (Å²) >= 11 is 0. The Labute approximate surface area is 176 Å². The zero-order valence-corrected chi connectivity index (χ0v) is 16.8. The van der Waals surface area contributed by atoms with Gasteiger partial charge in [0, 0.05) is 11.1 Å². The van der Waals surface area contributed by atoms with Crippen molar-refractivity contribution in [3.8, 4) is 23.6 Å². The summed E-state index contributed by atoms with van der Waals surface area (Å²) in [6.07, 6.45) is 3.61. The minimum absolute atomic E-state index is 0.476. The molecule has 3 aromatic carbocycles. The van der Waals surface area contributed by atoms with Crippen LogP contribution in [-0.4, -0.2) is 14.2 Å². The van der Waals surface area contributed by atoms with E-state index in [1.54, 1.807) is 26.4 Å². The highest BCUT2D eigenvalue weighted by molar-refractivity contribution is 5.96. The van der Waals surface area contributed by atoms with Crippen LogP contribution in [0.2, 0.25) is 0 Å². The van der Waals surface area contributed by atoms with Gasteiger partial charge in [-0.3, -0.25) is 0 Å². The fourth-order valence-corrected chi connectivity index (χ4v) is 3.16. The monoisotopic (exact) mass is 392 g/mol. The molecule has 0 amide bonds. The Morgan fingerprint density at radius 3 is 1.37 bits per heavy atom. The minimum atomic E-state index is 0.476. The second-order valence-electron chi connectivity index (χ2n) is 6.37. The van der Waals surface area contributed by atoms with E-state index in [0.29, 0.717) is 33.8 Å². The van der Waals surface area contributed by atoms with Crippen molar-refractivity contribution in [3.05, 3.63) is 95.1 Å². The van der Waals surface area contributed by atoms with Crippen LogP contribution in [0.5, 0.6) is 11.5 Å². The lowest BCUT2D eigenvalue weighted by molar-refractivity contribution is 0.413. The highest BCUT2D eigenvalue weighted by Crippen LogP contribution is 2.30. The number of hydrogen-bond acceptors (Lipinski definition) is 4. The molecule has 0 aromatic heterocycles. The summed E-state index contributed by atoms with van der Waals surface area (Å²) in [6.45, 7) is 0. The largest absolute Gasteiger partial charge is 0.496 e. The third-order valence-corrected chi connectivity index (χ3v) is 4.63. The Morgan fingerprint density at radius 1 is 0.633 bits per heavy atom. The Hall–Kier alpha value is -4.28. The summed E-state index contributed by atoms with van der Waals surface area (Å²) in [4.78, 5) is 0. The number of ether oxygens (including phenoxy) is 2. The van der Waals surface area contributed by atoms with Crippen molar-refractivity contribution in [2.45, 2.75) is 0 Å². The van der Waals surface area contributed by atoms with Gasteiger partial charge in [0.15, 0.2) is 0 Å². The van der Waals surface area contributed by atoms with Gasteiger partial charge in [0.05, 0.1) is 37.5 Å². The summed E-state index contributed by atoms with van der Waals surface area (Å²) in [5.41, 5.74) is 4.02. The van der Waals surface area contributed by atoms with Crippen molar-refractivity contribution in [2.24, 2.45) is 0 Å². The summed E-state index contributed by atoms with van der Waals surface area (Å²) in [5, 5.41) is 19.5. The highest BCUT2D eigenvalue weighted by Gasteiger charge is 2.11. The molecule has 0 bridgehead atoms. The van der Waals surface area contributed by atoms with Gasteiger partial charge in [0.1, 0.15) is 11.5 Å². The van der Waals surface area contributed by atoms with Crippen molar-refractivity contribution in [1.82, 2.24) is 0 Å². The van der Waals surface area contributed by atoms with Crippen molar-refractivity contribution >= 4 is 23.3 Å². The van der Waals surface area contributed by atoms with E-state index in [1.165, 1.54) is 0 Å². The lowest BCUT2D eigenvalue weighted by Gasteiger charge is -2.09. The molecule has 3 rings (SSSR count). The van der Waals surface area contributed by atoms with E-state index in [2.05, 4.69) is 12.1 Å². The van der Waals surface area contributed by atoms with Crippen LogP contribution in [0.15, 0.2) is 72.8 Å². The second-order valence-corrected chi connectivity index (χ2v) is 6.37. The number of rotatable bonds is 6. The number of nitrogens with zero attached hydrogens (tertiary/aromatic N) is 2. The first-order chi connectivity index (χ1) is 14.7. The average molecular weight is 392 g/mol. The van der Waals surface area contributed by atoms with Gasteiger partial charge in [-0.05, 0) is 47.5 Å². The molecule has 0 unspecified atom stereocenters. The lowest BCUT2D eigenvalue weighted by Crippen LogP contribution is -1.92. The van der Waals surface area contributed by atoms with E-state index in [0.717, 1.165) is 11.1 Å². The predicted octanol–water partition coefficient (Wildman–Crippen LogP) is 5.83. The van der Waals surface area contributed by atoms with Crippen LogP contribution in [0.4, 0.5) is 0 Å². The number of methoxy groups -OCH3 is 2. The van der Waals surface area contributed by atoms with Gasteiger partial charge >= 0.3 is 0 Å². The molecule has 3 aromatic rings. The summed E-state index contributed by atoms with van der Waals surface area (Å²) < 4.78 is 10.8. The maximum atomic E-state index is 9.77. The van der Waals surface area contributed by atoms with Gasteiger partial charge in [-0.25, -0.2) is 0 Å². The van der Waals surface area contributed by atoms with Gasteiger partial charge in [-0.15, -0.1) is 0 Å². The van der Waals surface area contributed by atoms with Crippen LogP contribution in [-0.2, 0) is 0 Å². The van der Waals surface area contributed by atoms with Crippen molar-refractivity contribution in [3.63, 3.8) is 0 Å². The Kier molecular flexibility index (Phi) is 6.66. The van der Waals surface area contributed by atoms with Crippen LogP contribution >= 0.6 is 0 Å². The fraction of sp³-hybridized carbons (Fsp3) is 0.0769. The van der Waals surface area contributed by atoms with Gasteiger partial charge in [-0.1, -0.05) is 48.5 Å².